The van der Waals surface area contributed by atoms with Gasteiger partial charge in [-0.05, 0) is 6.42 Å². The Balaban J connectivity index is 3.78. The minimum absolute atomic E-state index is 0.0358. The van der Waals surface area contributed by atoms with Crippen molar-refractivity contribution in [3.8, 4) is 0 Å². The van der Waals surface area contributed by atoms with E-state index in [1.54, 1.807) is 11.9 Å². The number of aliphatic carboxylic acids is 2. The number of carboxylic acid groups (broad SMARTS) is 2. The van der Waals surface area contributed by atoms with Gasteiger partial charge in [0.1, 0.15) is 6.04 Å². The highest BCUT2D eigenvalue weighted by Crippen LogP contribution is 1.98. The molecule has 0 saturated carbocycles. The minimum Gasteiger partial charge on any atom is -0.480 e. The number of carbonyl (C=O) groups excluding carboxylic acids is 1. The summed E-state index contributed by atoms with van der Waals surface area (Å²) in [5.41, 5.74) is 8.00. The molecule has 0 saturated heterocycles. The Kier molecular flexibility index (Phi) is 21.6. The number of nitrogens with two attached hydrogens (primary N) is 1. The van der Waals surface area contributed by atoms with Gasteiger partial charge in [0.2, 0.25) is 5.91 Å². The predicted molar refractivity (Wildman–Crippen MR) is 122 cm³/mol. The highest BCUT2D eigenvalue weighted by molar-refractivity contribution is 5.78. The van der Waals surface area contributed by atoms with E-state index in [1.807, 2.05) is 0 Å². The summed E-state index contributed by atoms with van der Waals surface area (Å²) in [6.07, 6.45) is 0.142. The van der Waals surface area contributed by atoms with Crippen LogP contribution in [0.3, 0.4) is 0 Å². The summed E-state index contributed by atoms with van der Waals surface area (Å²) < 4.78 is 16.0. The molecule has 7 N–H and O–H groups in total. The second-order valence-corrected chi connectivity index (χ2v) is 7.08. The van der Waals surface area contributed by atoms with Gasteiger partial charge in [0.05, 0.1) is 52.8 Å². The van der Waals surface area contributed by atoms with Gasteiger partial charge in [-0.2, -0.15) is 0 Å². The second kappa shape index (κ2) is 22.9. The third-order valence-electron chi connectivity index (χ3n) is 4.37. The molecule has 200 valence electrons. The lowest BCUT2D eigenvalue weighted by atomic mass is 10.1. The van der Waals surface area contributed by atoms with Crippen molar-refractivity contribution in [2.24, 2.45) is 5.73 Å². The fraction of sp³-hybridized carbons (Fsp3) is 0.850. The summed E-state index contributed by atoms with van der Waals surface area (Å²) in [4.78, 5) is 40.7. The van der Waals surface area contributed by atoms with Crippen LogP contribution < -0.4 is 21.8 Å². The van der Waals surface area contributed by atoms with E-state index in [2.05, 4.69) is 16.1 Å². The molecular formula is C20H41N5O9. The van der Waals surface area contributed by atoms with Gasteiger partial charge in [0, 0.05) is 46.2 Å². The first-order valence-electron chi connectivity index (χ1n) is 11.3. The molecule has 1 atom stereocenters. The Morgan fingerprint density at radius 2 is 1.53 bits per heavy atom. The summed E-state index contributed by atoms with van der Waals surface area (Å²) in [5.74, 6) is -2.33. The van der Waals surface area contributed by atoms with Gasteiger partial charge in [-0.25, -0.2) is 5.48 Å². The topological polar surface area (TPSA) is 194 Å². The van der Waals surface area contributed by atoms with Crippen molar-refractivity contribution in [1.29, 1.82) is 0 Å². The van der Waals surface area contributed by atoms with Gasteiger partial charge < -0.3 is 40.8 Å². The third kappa shape index (κ3) is 20.7. The second-order valence-electron chi connectivity index (χ2n) is 7.08. The van der Waals surface area contributed by atoms with E-state index in [0.29, 0.717) is 72.4 Å². The van der Waals surface area contributed by atoms with Crippen LogP contribution in [0.5, 0.6) is 0 Å². The van der Waals surface area contributed by atoms with Gasteiger partial charge in [-0.3, -0.25) is 24.1 Å². The van der Waals surface area contributed by atoms with Crippen molar-refractivity contribution in [2.75, 3.05) is 92.6 Å². The van der Waals surface area contributed by atoms with Crippen LogP contribution in [0, 0.1) is 0 Å². The SMILES string of the molecule is CNOCCOCCOCCOCCNC(=O)CCC(NCCN(CCN)CC(=O)O)C(=O)O. The Morgan fingerprint density at radius 3 is 2.09 bits per heavy atom. The largest absolute Gasteiger partial charge is 0.480 e. The molecule has 0 spiro atoms. The smallest absolute Gasteiger partial charge is 0.320 e. The molecule has 0 aromatic rings. The summed E-state index contributed by atoms with van der Waals surface area (Å²) in [6.45, 7) is 4.37. The molecule has 0 aliphatic carbocycles. The number of nitrogens with zero attached hydrogens (tertiary/aromatic N) is 1. The monoisotopic (exact) mass is 495 g/mol. The molecule has 0 radical (unpaired) electrons. The Morgan fingerprint density at radius 1 is 0.912 bits per heavy atom. The van der Waals surface area contributed by atoms with Crippen LogP contribution in [-0.4, -0.2) is 132 Å². The first kappa shape index (κ1) is 32.1. The Bertz CT molecular complexity index is 543. The van der Waals surface area contributed by atoms with Crippen LogP contribution in [0.4, 0.5) is 0 Å². The molecule has 34 heavy (non-hydrogen) atoms. The Labute approximate surface area is 200 Å². The van der Waals surface area contributed by atoms with Crippen molar-refractivity contribution in [1.82, 2.24) is 21.0 Å². The zero-order valence-electron chi connectivity index (χ0n) is 20.0. The van der Waals surface area contributed by atoms with E-state index in [1.165, 1.54) is 0 Å². The first-order valence-corrected chi connectivity index (χ1v) is 11.3. The van der Waals surface area contributed by atoms with Crippen LogP contribution in [-0.2, 0) is 33.4 Å². The van der Waals surface area contributed by atoms with Gasteiger partial charge >= 0.3 is 11.9 Å². The third-order valence-corrected chi connectivity index (χ3v) is 4.37. The number of carbonyl (C=O) groups is 3. The van der Waals surface area contributed by atoms with Gasteiger partial charge in [0.15, 0.2) is 0 Å². The normalized spacial score (nSPS) is 12.1. The molecule has 0 aromatic carbocycles. The molecule has 0 aliphatic rings. The van der Waals surface area contributed by atoms with Crippen molar-refractivity contribution < 1.29 is 43.6 Å². The average molecular weight is 496 g/mol. The number of carboxylic acids is 2. The van der Waals surface area contributed by atoms with Gasteiger partial charge in [-0.1, -0.05) is 0 Å². The standard InChI is InChI=1S/C20H41N5O9/c1-22-34-15-14-33-13-12-32-11-10-31-9-6-24-18(26)3-2-17(20(29)30)23-5-8-25(7-4-21)16-19(27)28/h17,22-23H,2-16,21H2,1H3,(H,24,26)(H,27,28)(H,29,30). The predicted octanol–water partition coefficient (Wildman–Crippen LogP) is -2.53. The number of ether oxygens (including phenoxy) is 3. The molecule has 14 heteroatoms. The maximum absolute atomic E-state index is 11.9. The lowest BCUT2D eigenvalue weighted by molar-refractivity contribution is -0.140. The van der Waals surface area contributed by atoms with Crippen molar-refractivity contribution in [3.05, 3.63) is 0 Å². The molecule has 0 bridgehead atoms. The lowest BCUT2D eigenvalue weighted by Gasteiger charge is -2.21. The molecule has 1 amide bonds. The number of hydrogen-bond donors (Lipinski definition) is 6. The van der Waals surface area contributed by atoms with Gasteiger partial charge in [-0.15, -0.1) is 0 Å². The number of hydrogen-bond acceptors (Lipinski definition) is 11. The number of hydroxylamine groups is 1. The molecule has 0 aliphatic heterocycles. The molecule has 0 aromatic heterocycles. The number of nitrogens with one attached hydrogen (secondary N) is 3. The summed E-state index contributed by atoms with van der Waals surface area (Å²) in [7, 11) is 1.68. The minimum atomic E-state index is -1.07. The maximum atomic E-state index is 11.9. The highest BCUT2D eigenvalue weighted by atomic mass is 16.7. The molecule has 14 nitrogen and oxygen atoms in total. The van der Waals surface area contributed by atoms with Crippen LogP contribution in [0.1, 0.15) is 12.8 Å². The quantitative estimate of drug-likeness (QED) is 0.0574. The summed E-state index contributed by atoms with van der Waals surface area (Å²) in [5, 5.41) is 23.7. The molecular weight excluding hydrogens is 454 g/mol. The molecule has 0 fully saturated rings. The highest BCUT2D eigenvalue weighted by Gasteiger charge is 2.18. The zero-order valence-corrected chi connectivity index (χ0v) is 20.0. The van der Waals surface area contributed by atoms with Crippen LogP contribution in [0.25, 0.3) is 0 Å². The van der Waals surface area contributed by atoms with E-state index in [9.17, 15) is 19.5 Å². The Hall–Kier alpha value is -1.91. The van der Waals surface area contributed by atoms with E-state index >= 15 is 0 Å². The zero-order chi connectivity index (χ0) is 25.4. The van der Waals surface area contributed by atoms with Gasteiger partial charge in [0.25, 0.3) is 0 Å². The summed E-state index contributed by atoms with van der Waals surface area (Å²) >= 11 is 0. The summed E-state index contributed by atoms with van der Waals surface area (Å²) in [6, 6.07) is -0.913. The van der Waals surface area contributed by atoms with E-state index in [4.69, 9.17) is 29.9 Å². The molecule has 0 heterocycles. The van der Waals surface area contributed by atoms with Crippen LogP contribution >= 0.6 is 0 Å². The molecule has 0 rings (SSSR count). The van der Waals surface area contributed by atoms with E-state index in [-0.39, 0.29) is 31.8 Å². The van der Waals surface area contributed by atoms with Crippen LogP contribution in [0.15, 0.2) is 0 Å². The lowest BCUT2D eigenvalue weighted by Crippen LogP contribution is -2.44. The van der Waals surface area contributed by atoms with E-state index < -0.39 is 18.0 Å². The average Bonchev–Trinajstić information content (AvgIpc) is 2.78. The van der Waals surface area contributed by atoms with Crippen LogP contribution in [0.2, 0.25) is 0 Å². The fourth-order valence-electron chi connectivity index (χ4n) is 2.72. The molecule has 1 unspecified atom stereocenters. The van der Waals surface area contributed by atoms with E-state index in [0.717, 1.165) is 0 Å². The van der Waals surface area contributed by atoms with Crippen molar-refractivity contribution in [3.63, 3.8) is 0 Å². The number of amides is 1. The fourth-order valence-corrected chi connectivity index (χ4v) is 2.72. The first-order chi connectivity index (χ1) is 16.4. The van der Waals surface area contributed by atoms with Crippen molar-refractivity contribution >= 4 is 17.8 Å². The number of rotatable bonds is 25. The maximum Gasteiger partial charge on any atom is 0.320 e. The van der Waals surface area contributed by atoms with Crippen molar-refractivity contribution in [2.45, 2.75) is 18.9 Å².